The van der Waals surface area contributed by atoms with Crippen molar-refractivity contribution >= 4 is 21.3 Å². The van der Waals surface area contributed by atoms with Gasteiger partial charge < -0.3 is 4.74 Å². The predicted octanol–water partition coefficient (Wildman–Crippen LogP) is 2.52. The molecule has 0 aliphatic heterocycles. The summed E-state index contributed by atoms with van der Waals surface area (Å²) in [7, 11) is -3.99. The van der Waals surface area contributed by atoms with Crippen molar-refractivity contribution in [2.75, 3.05) is 6.61 Å². The topological polar surface area (TPSA) is 102 Å². The highest BCUT2D eigenvalue weighted by molar-refractivity contribution is 7.91. The molecule has 0 unspecified atom stereocenters. The van der Waals surface area contributed by atoms with Crippen LogP contribution in [0.2, 0.25) is 0 Å². The number of nitriles is 1. The van der Waals surface area contributed by atoms with E-state index in [2.05, 4.69) is 5.10 Å². The van der Waals surface area contributed by atoms with Crippen LogP contribution in [0.1, 0.15) is 28.4 Å². The predicted molar refractivity (Wildman–Crippen MR) is 92.5 cm³/mol. The molecular weight excluding hydrogens is 354 g/mol. The Morgan fingerprint density at radius 1 is 1.31 bits per heavy atom. The quantitative estimate of drug-likeness (QED) is 0.655. The van der Waals surface area contributed by atoms with E-state index in [0.29, 0.717) is 5.56 Å². The Morgan fingerprint density at radius 3 is 2.62 bits per heavy atom. The Bertz CT molecular complexity index is 1140. The molecule has 3 rings (SSSR count). The fraction of sp³-hybridized carbons (Fsp3) is 0.167. The molecule has 0 atom stereocenters. The lowest BCUT2D eigenvalue weighted by molar-refractivity contribution is 0.0525. The number of carbonyl (C=O) groups excluding carboxylic acids is 1. The molecule has 2 aromatic heterocycles. The molecule has 3 aromatic rings. The van der Waals surface area contributed by atoms with E-state index in [1.807, 2.05) is 6.07 Å². The highest BCUT2D eigenvalue weighted by atomic mass is 32.2. The molecule has 132 valence electrons. The van der Waals surface area contributed by atoms with Gasteiger partial charge in [-0.25, -0.2) is 17.7 Å². The van der Waals surface area contributed by atoms with Crippen LogP contribution in [-0.4, -0.2) is 30.6 Å². The molecule has 2 heterocycles. The summed E-state index contributed by atoms with van der Waals surface area (Å²) in [6, 6.07) is 9.71. The largest absolute Gasteiger partial charge is 0.462 e. The minimum absolute atomic E-state index is 0.0582. The molecule has 0 fully saturated rings. The van der Waals surface area contributed by atoms with Crippen molar-refractivity contribution in [1.29, 1.82) is 5.26 Å². The fourth-order valence-corrected chi connectivity index (χ4v) is 4.38. The minimum atomic E-state index is -3.99. The maximum Gasteiger partial charge on any atom is 0.340 e. The summed E-state index contributed by atoms with van der Waals surface area (Å²) in [4.78, 5) is 12.0. The van der Waals surface area contributed by atoms with Gasteiger partial charge in [0.2, 0.25) is 9.84 Å². The summed E-state index contributed by atoms with van der Waals surface area (Å²) in [5.74, 6) is -0.572. The van der Waals surface area contributed by atoms with Crippen LogP contribution in [0.25, 0.3) is 5.52 Å². The van der Waals surface area contributed by atoms with Crippen LogP contribution in [0.5, 0.6) is 0 Å². The number of esters is 1. The van der Waals surface area contributed by atoms with Crippen LogP contribution in [0.4, 0.5) is 0 Å². The molecule has 0 amide bonds. The van der Waals surface area contributed by atoms with Gasteiger partial charge in [-0.15, -0.1) is 0 Å². The normalized spacial score (nSPS) is 11.3. The molecule has 7 nitrogen and oxygen atoms in total. The Hall–Kier alpha value is -3.18. The number of aromatic nitrogens is 2. The van der Waals surface area contributed by atoms with Crippen LogP contribution >= 0.6 is 0 Å². The zero-order valence-electron chi connectivity index (χ0n) is 14.1. The van der Waals surface area contributed by atoms with E-state index in [1.165, 1.54) is 29.0 Å². The number of sulfone groups is 1. The van der Waals surface area contributed by atoms with Gasteiger partial charge in [0.1, 0.15) is 11.0 Å². The Labute approximate surface area is 150 Å². The van der Waals surface area contributed by atoms with Crippen molar-refractivity contribution < 1.29 is 17.9 Å². The van der Waals surface area contributed by atoms with Crippen LogP contribution in [-0.2, 0) is 14.6 Å². The summed E-state index contributed by atoms with van der Waals surface area (Å²) < 4.78 is 32.7. The van der Waals surface area contributed by atoms with E-state index in [0.717, 1.165) is 0 Å². The van der Waals surface area contributed by atoms with E-state index in [-0.39, 0.29) is 33.0 Å². The highest BCUT2D eigenvalue weighted by Gasteiger charge is 2.29. The summed E-state index contributed by atoms with van der Waals surface area (Å²) in [6.07, 6.45) is 2.59. The van der Waals surface area contributed by atoms with E-state index in [4.69, 9.17) is 4.74 Å². The Balaban J connectivity index is 2.38. The van der Waals surface area contributed by atoms with Crippen molar-refractivity contribution in [1.82, 2.24) is 9.61 Å². The van der Waals surface area contributed by atoms with Gasteiger partial charge in [0.05, 0.1) is 34.3 Å². The van der Waals surface area contributed by atoms with E-state index < -0.39 is 15.8 Å². The third kappa shape index (κ3) is 2.72. The van der Waals surface area contributed by atoms with E-state index in [1.54, 1.807) is 32.0 Å². The van der Waals surface area contributed by atoms with Gasteiger partial charge in [0.25, 0.3) is 0 Å². The first-order valence-electron chi connectivity index (χ1n) is 7.80. The van der Waals surface area contributed by atoms with Crippen LogP contribution in [0.3, 0.4) is 0 Å². The van der Waals surface area contributed by atoms with Crippen molar-refractivity contribution in [3.8, 4) is 6.07 Å². The molecule has 1 aromatic carbocycles. The van der Waals surface area contributed by atoms with Gasteiger partial charge in [-0.1, -0.05) is 18.2 Å². The first kappa shape index (κ1) is 17.6. The number of fused-ring (bicyclic) bond motifs is 1. The number of carbonyl (C=O) groups is 1. The number of hydrogen-bond acceptors (Lipinski definition) is 6. The van der Waals surface area contributed by atoms with Crippen LogP contribution < -0.4 is 0 Å². The second-order valence-corrected chi connectivity index (χ2v) is 7.38. The second kappa shape index (κ2) is 6.61. The van der Waals surface area contributed by atoms with Gasteiger partial charge >= 0.3 is 5.97 Å². The van der Waals surface area contributed by atoms with Crippen LogP contribution in [0, 0.1) is 18.3 Å². The molecule has 0 aliphatic rings. The molecule has 8 heteroatoms. The van der Waals surface area contributed by atoms with E-state index >= 15 is 0 Å². The van der Waals surface area contributed by atoms with Gasteiger partial charge in [-0.2, -0.15) is 10.4 Å². The van der Waals surface area contributed by atoms with Gasteiger partial charge in [-0.3, -0.25) is 0 Å². The molecule has 0 N–H and O–H groups in total. The van der Waals surface area contributed by atoms with Gasteiger partial charge in [0.15, 0.2) is 0 Å². The minimum Gasteiger partial charge on any atom is -0.462 e. The number of benzene rings is 1. The summed E-state index contributed by atoms with van der Waals surface area (Å²) >= 11 is 0. The monoisotopic (exact) mass is 369 g/mol. The van der Waals surface area contributed by atoms with E-state index in [9.17, 15) is 18.5 Å². The number of nitrogens with zero attached hydrogens (tertiary/aromatic N) is 3. The fourth-order valence-electron chi connectivity index (χ4n) is 2.74. The highest BCUT2D eigenvalue weighted by Crippen LogP contribution is 2.31. The van der Waals surface area contributed by atoms with Gasteiger partial charge in [-0.05, 0) is 31.5 Å². The summed E-state index contributed by atoms with van der Waals surface area (Å²) in [6.45, 7) is 3.48. The third-order valence-electron chi connectivity index (χ3n) is 3.95. The van der Waals surface area contributed by atoms with Crippen molar-refractivity contribution in [3.63, 3.8) is 0 Å². The van der Waals surface area contributed by atoms with Crippen molar-refractivity contribution in [2.24, 2.45) is 0 Å². The SMILES string of the molecule is CCOC(=O)c1cn2ncc(C#N)c(S(=O)(=O)c3ccccc3)c2c1C. The van der Waals surface area contributed by atoms with Gasteiger partial charge in [0, 0.05) is 6.20 Å². The lowest BCUT2D eigenvalue weighted by Gasteiger charge is -2.09. The first-order chi connectivity index (χ1) is 12.4. The summed E-state index contributed by atoms with van der Waals surface area (Å²) in [5, 5.41) is 13.5. The number of hydrogen-bond donors (Lipinski definition) is 0. The smallest absolute Gasteiger partial charge is 0.340 e. The first-order valence-corrected chi connectivity index (χ1v) is 9.28. The standard InChI is InChI=1S/C18H15N3O4S/c1-3-25-18(22)15-11-21-16(12(15)2)17(13(9-19)10-20-21)26(23,24)14-7-5-4-6-8-14/h4-8,10-11H,3H2,1-2H3. The second-order valence-electron chi connectivity index (χ2n) is 5.50. The summed E-state index contributed by atoms with van der Waals surface area (Å²) in [5.41, 5.74) is 0.704. The zero-order valence-corrected chi connectivity index (χ0v) is 14.9. The average molecular weight is 369 g/mol. The number of aryl methyl sites for hydroxylation is 1. The molecule has 26 heavy (non-hydrogen) atoms. The van der Waals surface area contributed by atoms with Crippen LogP contribution in [0.15, 0.2) is 52.5 Å². The Morgan fingerprint density at radius 2 is 2.00 bits per heavy atom. The zero-order chi connectivity index (χ0) is 18.9. The maximum atomic E-state index is 13.2. The lowest BCUT2D eigenvalue weighted by atomic mass is 10.2. The molecule has 0 saturated heterocycles. The third-order valence-corrected chi connectivity index (χ3v) is 5.79. The number of ether oxygens (including phenoxy) is 1. The molecule has 0 saturated carbocycles. The lowest BCUT2D eigenvalue weighted by Crippen LogP contribution is -2.09. The molecule has 0 bridgehead atoms. The number of rotatable bonds is 4. The average Bonchev–Trinajstić information content (AvgIpc) is 2.98. The Kier molecular flexibility index (Phi) is 4.49. The molecular formula is C18H15N3O4S. The molecule has 0 spiro atoms. The molecule has 0 aliphatic carbocycles. The van der Waals surface area contributed by atoms with Crippen molar-refractivity contribution in [2.45, 2.75) is 23.6 Å². The molecule has 0 radical (unpaired) electrons. The maximum absolute atomic E-state index is 13.2. The van der Waals surface area contributed by atoms with Crippen molar-refractivity contribution in [3.05, 3.63) is 59.4 Å².